The molecule has 0 unspecified atom stereocenters. The summed E-state index contributed by atoms with van der Waals surface area (Å²) in [5.74, 6) is 0. The third-order valence-corrected chi connectivity index (χ3v) is 5.89. The smallest absolute Gasteiger partial charge is 0.145 e. The van der Waals surface area contributed by atoms with Gasteiger partial charge in [0.15, 0.2) is 0 Å². The van der Waals surface area contributed by atoms with Crippen molar-refractivity contribution in [3.05, 3.63) is 46.5 Å². The normalized spacial score (nSPS) is 15.9. The van der Waals surface area contributed by atoms with Crippen LogP contribution in [-0.2, 0) is 0 Å². The third-order valence-electron chi connectivity index (χ3n) is 5.89. The van der Waals surface area contributed by atoms with Crippen LogP contribution in [0.1, 0.15) is 22.3 Å². The maximum atomic E-state index is 3.65. The summed E-state index contributed by atoms with van der Waals surface area (Å²) in [6, 6.07) is 9.33. The highest BCUT2D eigenvalue weighted by Crippen LogP contribution is 2.45. The summed E-state index contributed by atoms with van der Waals surface area (Å²) in [5, 5.41) is 3.65. The van der Waals surface area contributed by atoms with E-state index in [2.05, 4.69) is 95.3 Å². The van der Waals surface area contributed by atoms with Gasteiger partial charge in [0.05, 0.1) is 6.54 Å². The van der Waals surface area contributed by atoms with Crippen LogP contribution in [0.3, 0.4) is 0 Å². The van der Waals surface area contributed by atoms with Crippen LogP contribution >= 0.6 is 0 Å². The molecule has 1 saturated heterocycles. The van der Waals surface area contributed by atoms with Crippen LogP contribution in [0.2, 0.25) is 0 Å². The van der Waals surface area contributed by atoms with Crippen molar-refractivity contribution in [1.29, 1.82) is 0 Å². The van der Waals surface area contributed by atoms with Crippen LogP contribution in [0, 0.1) is 27.7 Å². The number of rotatable bonds is 4. The van der Waals surface area contributed by atoms with Crippen molar-refractivity contribution < 1.29 is 0 Å². The minimum absolute atomic E-state index is 0.900. The maximum absolute atomic E-state index is 3.65. The molecule has 1 fully saturated rings. The Morgan fingerprint density at radius 3 is 1.33 bits per heavy atom. The zero-order valence-electron chi connectivity index (χ0n) is 18.3. The zero-order valence-corrected chi connectivity index (χ0v) is 18.3. The van der Waals surface area contributed by atoms with Crippen molar-refractivity contribution in [2.24, 2.45) is 0 Å². The first-order valence-electron chi connectivity index (χ1n) is 9.83. The summed E-state index contributed by atoms with van der Waals surface area (Å²) >= 11 is 0. The predicted molar refractivity (Wildman–Crippen MR) is 120 cm³/mol. The fourth-order valence-electron chi connectivity index (χ4n) is 4.85. The Morgan fingerprint density at radius 1 is 0.704 bits per heavy atom. The molecule has 0 spiro atoms. The minimum atomic E-state index is 0.900. The van der Waals surface area contributed by atoms with E-state index in [1.165, 1.54) is 45.0 Å². The van der Waals surface area contributed by atoms with E-state index >= 15 is 0 Å². The molecule has 0 aromatic heterocycles. The molecule has 1 heterocycles. The number of quaternary nitrogens is 1. The molecule has 4 heteroatoms. The fraction of sp³-hybridized carbons (Fsp3) is 0.478. The first-order valence-corrected chi connectivity index (χ1v) is 9.83. The minimum Gasteiger partial charge on any atom is -0.378 e. The highest BCUT2D eigenvalue weighted by molar-refractivity contribution is 5.75. The molecule has 27 heavy (non-hydrogen) atoms. The summed E-state index contributed by atoms with van der Waals surface area (Å²) in [4.78, 5) is 4.39. The van der Waals surface area contributed by atoms with Crippen molar-refractivity contribution in [3.63, 3.8) is 0 Å². The largest absolute Gasteiger partial charge is 0.378 e. The highest BCUT2D eigenvalue weighted by Gasteiger charge is 2.41. The van der Waals surface area contributed by atoms with Gasteiger partial charge in [-0.05, 0) is 52.0 Å². The molecule has 1 N–H and O–H groups in total. The SMILES string of the molecule is Cc1cc(N(C)C)cc(C)c1[N+]1(c2c(C)cc(N(C)C)cc2C)CCNC1. The number of hydrogen-bond donors (Lipinski definition) is 1. The summed E-state index contributed by atoms with van der Waals surface area (Å²) in [6.07, 6.45) is 0. The van der Waals surface area contributed by atoms with Crippen molar-refractivity contribution in [3.8, 4) is 0 Å². The van der Waals surface area contributed by atoms with Crippen LogP contribution in [-0.4, -0.2) is 47.9 Å². The van der Waals surface area contributed by atoms with Crippen molar-refractivity contribution in [1.82, 2.24) is 9.80 Å². The number of benzene rings is 2. The molecular weight excluding hydrogens is 332 g/mol. The van der Waals surface area contributed by atoms with Gasteiger partial charge in [0.2, 0.25) is 0 Å². The van der Waals surface area contributed by atoms with E-state index in [0.29, 0.717) is 0 Å². The van der Waals surface area contributed by atoms with Crippen molar-refractivity contribution in [2.75, 3.05) is 57.7 Å². The van der Waals surface area contributed by atoms with Gasteiger partial charge in [-0.1, -0.05) is 0 Å². The van der Waals surface area contributed by atoms with Gasteiger partial charge < -0.3 is 9.80 Å². The van der Waals surface area contributed by atoms with Gasteiger partial charge in [-0.2, -0.15) is 0 Å². The van der Waals surface area contributed by atoms with Crippen molar-refractivity contribution in [2.45, 2.75) is 27.7 Å². The Bertz CT molecular complexity index is 734. The second kappa shape index (κ2) is 7.17. The molecular formula is C23H35N4+. The Kier molecular flexibility index (Phi) is 5.24. The second-order valence-corrected chi connectivity index (χ2v) is 8.49. The van der Waals surface area contributed by atoms with E-state index in [-0.39, 0.29) is 0 Å². The lowest BCUT2D eigenvalue weighted by molar-refractivity contribution is 0.452. The van der Waals surface area contributed by atoms with E-state index in [1.54, 1.807) is 0 Å². The van der Waals surface area contributed by atoms with Crippen LogP contribution in [0.15, 0.2) is 24.3 Å². The van der Waals surface area contributed by atoms with E-state index < -0.39 is 0 Å². The van der Waals surface area contributed by atoms with E-state index in [1.807, 2.05) is 0 Å². The predicted octanol–water partition coefficient (Wildman–Crippen LogP) is 4.25. The molecule has 4 nitrogen and oxygen atoms in total. The van der Waals surface area contributed by atoms with Crippen molar-refractivity contribution >= 4 is 22.7 Å². The number of anilines is 2. The topological polar surface area (TPSA) is 18.5 Å². The Balaban J connectivity index is 2.26. The first kappa shape index (κ1) is 19.7. The lowest BCUT2D eigenvalue weighted by atomic mass is 9.98. The van der Waals surface area contributed by atoms with Gasteiger partial charge in [0, 0.05) is 61.8 Å². The molecule has 0 amide bonds. The molecule has 1 aliphatic heterocycles. The molecule has 3 rings (SSSR count). The zero-order chi connectivity index (χ0) is 19.9. The van der Waals surface area contributed by atoms with E-state index in [9.17, 15) is 0 Å². The van der Waals surface area contributed by atoms with Crippen LogP contribution in [0.4, 0.5) is 22.7 Å². The third kappa shape index (κ3) is 3.32. The van der Waals surface area contributed by atoms with Crippen LogP contribution in [0.5, 0.6) is 0 Å². The first-order chi connectivity index (χ1) is 12.7. The summed E-state index contributed by atoms with van der Waals surface area (Å²) < 4.78 is 0.900. The average Bonchev–Trinajstić information content (AvgIpc) is 3.03. The molecule has 1 aliphatic rings. The highest BCUT2D eigenvalue weighted by atomic mass is 15.5. The molecule has 2 aromatic carbocycles. The van der Waals surface area contributed by atoms with Gasteiger partial charge in [-0.25, -0.2) is 4.48 Å². The maximum Gasteiger partial charge on any atom is 0.145 e. The lowest BCUT2D eigenvalue weighted by Crippen LogP contribution is -2.45. The van der Waals surface area contributed by atoms with Crippen LogP contribution < -0.4 is 19.6 Å². The average molecular weight is 368 g/mol. The fourth-order valence-corrected chi connectivity index (χ4v) is 4.85. The quantitative estimate of drug-likeness (QED) is 0.815. The molecule has 0 radical (unpaired) electrons. The number of nitrogens with zero attached hydrogens (tertiary/aromatic N) is 3. The Labute approximate surface area is 165 Å². The molecule has 0 saturated carbocycles. The Hall–Kier alpha value is -2.04. The van der Waals surface area contributed by atoms with E-state index in [4.69, 9.17) is 0 Å². The van der Waals surface area contributed by atoms with Gasteiger partial charge in [0.1, 0.15) is 24.6 Å². The molecule has 0 aliphatic carbocycles. The van der Waals surface area contributed by atoms with Gasteiger partial charge in [-0.15, -0.1) is 0 Å². The number of hydrogen-bond acceptors (Lipinski definition) is 3. The molecule has 2 aromatic rings. The summed E-state index contributed by atoms with van der Waals surface area (Å²) in [5.41, 5.74) is 10.9. The monoisotopic (exact) mass is 367 g/mol. The number of aryl methyl sites for hydroxylation is 4. The summed E-state index contributed by atoms with van der Waals surface area (Å²) in [6.45, 7) is 12.2. The number of nitrogens with one attached hydrogen (secondary N) is 1. The van der Waals surface area contributed by atoms with Gasteiger partial charge in [0.25, 0.3) is 0 Å². The van der Waals surface area contributed by atoms with Gasteiger partial charge in [-0.3, -0.25) is 5.32 Å². The molecule has 0 atom stereocenters. The summed E-state index contributed by atoms with van der Waals surface area (Å²) in [7, 11) is 8.46. The Morgan fingerprint density at radius 2 is 1.07 bits per heavy atom. The van der Waals surface area contributed by atoms with Gasteiger partial charge >= 0.3 is 0 Å². The van der Waals surface area contributed by atoms with Crippen LogP contribution in [0.25, 0.3) is 0 Å². The lowest BCUT2D eigenvalue weighted by Gasteiger charge is -2.37. The second-order valence-electron chi connectivity index (χ2n) is 8.49. The molecule has 0 bridgehead atoms. The van der Waals surface area contributed by atoms with E-state index in [0.717, 1.165) is 24.2 Å². The standard InChI is InChI=1S/C23H35N4/c1-16-11-20(25(5)6)12-17(2)22(16)27(10-9-24-15-27)23-18(3)13-21(26(7)8)14-19(23)4/h11-14,24H,9-10,15H2,1-8H3/q+1. The molecule has 146 valence electrons.